The third-order valence-electron chi connectivity index (χ3n) is 1.65. The molecule has 1 atom stereocenters. The van der Waals surface area contributed by atoms with E-state index in [-0.39, 0.29) is 6.17 Å². The van der Waals surface area contributed by atoms with Gasteiger partial charge in [0.1, 0.15) is 6.17 Å². The van der Waals surface area contributed by atoms with Crippen molar-refractivity contribution in [1.29, 1.82) is 0 Å². The summed E-state index contributed by atoms with van der Waals surface area (Å²) in [7, 11) is 1.55. The van der Waals surface area contributed by atoms with E-state index in [1.54, 1.807) is 7.05 Å². The number of nitrogens with zero attached hydrogens (tertiary/aromatic N) is 1. The molecule has 2 N–H and O–H groups in total. The lowest BCUT2D eigenvalue weighted by atomic mass is 10.3. The lowest BCUT2D eigenvalue weighted by molar-refractivity contribution is -0.151. The van der Waals surface area contributed by atoms with Gasteiger partial charge in [0, 0.05) is 13.5 Å². The van der Waals surface area contributed by atoms with Gasteiger partial charge in [-0.3, -0.25) is 15.0 Å². The van der Waals surface area contributed by atoms with Crippen LogP contribution in [0.5, 0.6) is 0 Å². The average molecular weight is 187 g/mol. The van der Waals surface area contributed by atoms with Crippen LogP contribution in [0.4, 0.5) is 0 Å². The number of likely N-dealkylation sites (N-methyl/N-ethyl adjacent to an activating group) is 1. The molecule has 0 spiro atoms. The van der Waals surface area contributed by atoms with Crippen LogP contribution in [0.2, 0.25) is 0 Å². The number of hydrogen-bond acceptors (Lipinski definition) is 4. The molecule has 12 heavy (non-hydrogen) atoms. The molecule has 1 heterocycles. The Morgan fingerprint density at radius 2 is 2.33 bits per heavy atom. The van der Waals surface area contributed by atoms with Crippen LogP contribution in [-0.4, -0.2) is 35.3 Å². The molecule has 0 bridgehead atoms. The largest absolute Gasteiger partial charge is 0.323 e. The molecular formula is C6H9N3O2S. The average Bonchev–Trinajstić information content (AvgIpc) is 2.07. The molecule has 1 unspecified atom stereocenters. The molecule has 6 heteroatoms. The lowest BCUT2D eigenvalue weighted by Gasteiger charge is -2.31. The minimum absolute atomic E-state index is 0.229. The molecule has 2 amide bonds. The summed E-state index contributed by atoms with van der Waals surface area (Å²) in [6, 6.07) is 0. The minimum atomic E-state index is -0.641. The van der Waals surface area contributed by atoms with Crippen LogP contribution in [-0.2, 0) is 9.59 Å². The molecule has 0 aliphatic carbocycles. The van der Waals surface area contributed by atoms with Crippen LogP contribution in [0.15, 0.2) is 0 Å². The second kappa shape index (κ2) is 3.59. The van der Waals surface area contributed by atoms with Gasteiger partial charge in [0.15, 0.2) is 0 Å². The summed E-state index contributed by atoms with van der Waals surface area (Å²) in [6.45, 7) is 0. The molecule has 1 saturated heterocycles. The molecule has 0 aromatic heterocycles. The Morgan fingerprint density at radius 1 is 1.67 bits per heavy atom. The van der Waals surface area contributed by atoms with Gasteiger partial charge >= 0.3 is 11.8 Å². The quantitative estimate of drug-likeness (QED) is 0.421. The minimum Gasteiger partial charge on any atom is -0.320 e. The molecule has 1 fully saturated rings. The predicted molar refractivity (Wildman–Crippen MR) is 46.1 cm³/mol. The van der Waals surface area contributed by atoms with Crippen molar-refractivity contribution in [3.8, 4) is 0 Å². The van der Waals surface area contributed by atoms with E-state index in [1.165, 1.54) is 10.3 Å². The third-order valence-corrected chi connectivity index (χ3v) is 1.85. The van der Waals surface area contributed by atoms with E-state index in [4.69, 9.17) is 0 Å². The second-order valence-electron chi connectivity index (χ2n) is 2.43. The summed E-state index contributed by atoms with van der Waals surface area (Å²) < 4.78 is 0. The summed E-state index contributed by atoms with van der Waals surface area (Å²) in [5.41, 5.74) is 4.91. The Morgan fingerprint density at radius 3 is 2.92 bits per heavy atom. The third kappa shape index (κ3) is 1.59. The Labute approximate surface area is 75.1 Å². The molecule has 5 nitrogen and oxygen atoms in total. The molecule has 0 aromatic rings. The zero-order valence-corrected chi connectivity index (χ0v) is 7.35. The number of hydrazine groups is 1. The molecule has 0 saturated carbocycles. The number of amides is 2. The van der Waals surface area contributed by atoms with Crippen molar-refractivity contribution in [2.75, 3.05) is 7.05 Å². The molecule has 1 aliphatic rings. The number of thiocarbonyl (C=S) groups is 1. The first-order chi connectivity index (χ1) is 5.66. The fourth-order valence-corrected chi connectivity index (χ4v) is 1.09. The fourth-order valence-electron chi connectivity index (χ4n) is 0.909. The zero-order valence-electron chi connectivity index (χ0n) is 6.53. The monoisotopic (exact) mass is 187 g/mol. The van der Waals surface area contributed by atoms with Crippen molar-refractivity contribution in [2.45, 2.75) is 12.6 Å². The number of rotatable bonds is 2. The number of nitrogens with one attached hydrogen (secondary N) is 2. The van der Waals surface area contributed by atoms with Crippen molar-refractivity contribution in [3.05, 3.63) is 0 Å². The van der Waals surface area contributed by atoms with Gasteiger partial charge in [0.05, 0.1) is 0 Å². The van der Waals surface area contributed by atoms with Gasteiger partial charge < -0.3 is 4.90 Å². The van der Waals surface area contributed by atoms with E-state index in [9.17, 15) is 9.59 Å². The van der Waals surface area contributed by atoms with Gasteiger partial charge in [0.2, 0.25) is 0 Å². The van der Waals surface area contributed by atoms with Crippen LogP contribution in [0.1, 0.15) is 6.42 Å². The van der Waals surface area contributed by atoms with E-state index >= 15 is 0 Å². The highest BCUT2D eigenvalue weighted by Crippen LogP contribution is 2.00. The van der Waals surface area contributed by atoms with Gasteiger partial charge in [0.25, 0.3) is 0 Å². The fraction of sp³-hybridized carbons (Fsp3) is 0.500. The van der Waals surface area contributed by atoms with Gasteiger partial charge in [-0.25, -0.2) is 5.43 Å². The van der Waals surface area contributed by atoms with Gasteiger partial charge in [-0.2, -0.15) is 0 Å². The van der Waals surface area contributed by atoms with E-state index in [1.807, 2.05) is 0 Å². The lowest BCUT2D eigenvalue weighted by Crippen LogP contribution is -2.63. The van der Waals surface area contributed by atoms with Gasteiger partial charge in [-0.15, -0.1) is 0 Å². The highest BCUT2D eigenvalue weighted by atomic mass is 32.1. The molecular weight excluding hydrogens is 178 g/mol. The summed E-state index contributed by atoms with van der Waals surface area (Å²) in [5, 5.41) is 1.51. The van der Waals surface area contributed by atoms with Crippen molar-refractivity contribution in [3.63, 3.8) is 0 Å². The van der Waals surface area contributed by atoms with Crippen molar-refractivity contribution in [1.82, 2.24) is 15.8 Å². The van der Waals surface area contributed by atoms with Crippen molar-refractivity contribution >= 4 is 29.4 Å². The number of carbonyl (C=O) groups excluding carboxylic acids is 2. The Kier molecular flexibility index (Phi) is 2.72. The van der Waals surface area contributed by atoms with Crippen LogP contribution in [0, 0.1) is 0 Å². The van der Waals surface area contributed by atoms with E-state index in [2.05, 4.69) is 23.1 Å². The van der Waals surface area contributed by atoms with Crippen LogP contribution >= 0.6 is 12.2 Å². The van der Waals surface area contributed by atoms with E-state index in [0.717, 1.165) is 0 Å². The van der Waals surface area contributed by atoms with Crippen molar-refractivity contribution < 1.29 is 9.59 Å². The van der Waals surface area contributed by atoms with Crippen LogP contribution in [0.25, 0.3) is 0 Å². The Hall–Kier alpha value is -1.01. The second-order valence-corrected chi connectivity index (χ2v) is 2.77. The highest BCUT2D eigenvalue weighted by molar-refractivity contribution is 7.78. The van der Waals surface area contributed by atoms with Crippen molar-refractivity contribution in [2.24, 2.45) is 0 Å². The standard InChI is InChI=1S/C6H9N3O2S/c1-9-4(2-3-12)7-8-5(10)6(9)11/h3-4,7H,2H2,1H3,(H,8,10). The molecule has 66 valence electrons. The van der Waals surface area contributed by atoms with Gasteiger partial charge in [-0.05, 0) is 5.37 Å². The van der Waals surface area contributed by atoms with E-state index < -0.39 is 11.8 Å². The number of hydrogen-bond donors (Lipinski definition) is 2. The first-order valence-corrected chi connectivity index (χ1v) is 3.90. The van der Waals surface area contributed by atoms with Crippen LogP contribution < -0.4 is 10.9 Å². The first kappa shape index (κ1) is 9.08. The Bertz CT molecular complexity index is 231. The SMILES string of the molecule is CN1C(=O)C(=O)NNC1CC=S. The topological polar surface area (TPSA) is 61.4 Å². The summed E-state index contributed by atoms with van der Waals surface area (Å²) in [4.78, 5) is 23.1. The maximum absolute atomic E-state index is 11.0. The highest BCUT2D eigenvalue weighted by Gasteiger charge is 2.29. The first-order valence-electron chi connectivity index (χ1n) is 3.43. The molecule has 1 aliphatic heterocycles. The molecule has 0 aromatic carbocycles. The van der Waals surface area contributed by atoms with E-state index in [0.29, 0.717) is 6.42 Å². The Balaban J connectivity index is 2.64. The predicted octanol–water partition coefficient (Wildman–Crippen LogP) is -1.20. The number of carbonyl (C=O) groups is 2. The zero-order chi connectivity index (χ0) is 9.14. The smallest absolute Gasteiger partial charge is 0.320 e. The maximum atomic E-state index is 11.0. The van der Waals surface area contributed by atoms with Gasteiger partial charge in [-0.1, -0.05) is 12.2 Å². The summed E-state index contributed by atoms with van der Waals surface area (Å²) in [5.74, 6) is -1.19. The maximum Gasteiger partial charge on any atom is 0.323 e. The summed E-state index contributed by atoms with van der Waals surface area (Å²) in [6.07, 6.45) is 0.297. The summed E-state index contributed by atoms with van der Waals surface area (Å²) >= 11 is 4.64. The molecule has 1 rings (SSSR count). The normalized spacial score (nSPS) is 23.8. The van der Waals surface area contributed by atoms with Crippen LogP contribution in [0.3, 0.4) is 0 Å². The molecule has 0 radical (unpaired) electrons.